The topological polar surface area (TPSA) is 79.9 Å². The first-order chi connectivity index (χ1) is 12.7. The van der Waals surface area contributed by atoms with Gasteiger partial charge >= 0.3 is 6.03 Å². The first kappa shape index (κ1) is 16.9. The van der Waals surface area contributed by atoms with Gasteiger partial charge in [-0.25, -0.2) is 4.79 Å². The predicted octanol–water partition coefficient (Wildman–Crippen LogP) is 1.71. The average Bonchev–Trinajstić information content (AvgIpc) is 3.24. The maximum absolute atomic E-state index is 13.0. The van der Waals surface area contributed by atoms with E-state index in [1.807, 2.05) is 31.2 Å². The van der Waals surface area contributed by atoms with E-state index in [1.54, 1.807) is 4.90 Å². The summed E-state index contributed by atoms with van der Waals surface area (Å²) in [4.78, 5) is 26.8. The maximum Gasteiger partial charge on any atom is 0.319 e. The molecule has 0 radical (unpaired) electrons. The molecule has 26 heavy (non-hydrogen) atoms. The van der Waals surface area contributed by atoms with Crippen molar-refractivity contribution in [2.24, 2.45) is 0 Å². The average molecular weight is 357 g/mol. The number of hydrogen-bond donors (Lipinski definition) is 2. The molecule has 0 aromatic heterocycles. The van der Waals surface area contributed by atoms with E-state index in [9.17, 15) is 9.59 Å². The number of amides is 3. The van der Waals surface area contributed by atoms with Gasteiger partial charge < -0.3 is 25.0 Å². The van der Waals surface area contributed by atoms with E-state index >= 15 is 0 Å². The number of benzene rings is 1. The van der Waals surface area contributed by atoms with Crippen LogP contribution in [0.2, 0.25) is 0 Å². The molecule has 0 unspecified atom stereocenters. The Balaban J connectivity index is 1.56. The highest BCUT2D eigenvalue weighted by atomic mass is 16.5. The van der Waals surface area contributed by atoms with Crippen molar-refractivity contribution in [3.05, 3.63) is 41.1 Å². The van der Waals surface area contributed by atoms with Gasteiger partial charge in [0.25, 0.3) is 5.91 Å². The summed E-state index contributed by atoms with van der Waals surface area (Å²) >= 11 is 0. The van der Waals surface area contributed by atoms with Crippen LogP contribution in [0.5, 0.6) is 5.75 Å². The molecule has 138 valence electrons. The van der Waals surface area contributed by atoms with Crippen molar-refractivity contribution in [3.8, 4) is 5.75 Å². The minimum atomic E-state index is -0.448. The molecule has 0 saturated carbocycles. The summed E-state index contributed by atoms with van der Waals surface area (Å²) < 4.78 is 11.1. The number of carbonyl (C=O) groups excluding carboxylic acids is 2. The van der Waals surface area contributed by atoms with Crippen LogP contribution in [0.3, 0.4) is 0 Å². The van der Waals surface area contributed by atoms with Crippen molar-refractivity contribution in [2.45, 2.75) is 31.9 Å². The third-order valence-corrected chi connectivity index (χ3v) is 4.99. The molecule has 1 saturated heterocycles. The van der Waals surface area contributed by atoms with E-state index < -0.39 is 6.04 Å². The van der Waals surface area contributed by atoms with Gasteiger partial charge in [-0.3, -0.25) is 4.79 Å². The van der Waals surface area contributed by atoms with Crippen LogP contribution in [-0.2, 0) is 9.53 Å². The van der Waals surface area contributed by atoms with Gasteiger partial charge in [0.1, 0.15) is 5.75 Å². The first-order valence-electron chi connectivity index (χ1n) is 9.10. The second-order valence-corrected chi connectivity index (χ2v) is 6.75. The Bertz CT molecular complexity index is 738. The molecule has 1 aromatic rings. The van der Waals surface area contributed by atoms with Gasteiger partial charge in [0.05, 0.1) is 36.6 Å². The summed E-state index contributed by atoms with van der Waals surface area (Å²) in [6.45, 7) is 4.27. The fourth-order valence-corrected chi connectivity index (χ4v) is 3.78. The van der Waals surface area contributed by atoms with Gasteiger partial charge in [-0.1, -0.05) is 12.1 Å². The molecule has 0 aliphatic carbocycles. The van der Waals surface area contributed by atoms with Crippen LogP contribution in [0.1, 0.15) is 31.4 Å². The van der Waals surface area contributed by atoms with E-state index in [1.165, 1.54) is 0 Å². The SMILES string of the molecule is CCOc1ccc([C@H]2NC(=O)NC3=C2C(=O)N(C[C@@H]2CCCO2)C3)cc1. The third kappa shape index (κ3) is 3.14. The standard InChI is InChI=1S/C19H23N3O4/c1-2-25-13-7-5-12(6-8-13)17-16-15(20-19(24)21-17)11-22(18(16)23)10-14-4-3-9-26-14/h5-8,14,17H,2-4,9-11H2,1H3,(H2,20,21,24)/t14-,17+/m0/s1. The number of nitrogens with one attached hydrogen (secondary N) is 2. The van der Waals surface area contributed by atoms with Gasteiger partial charge in [0.2, 0.25) is 0 Å². The summed E-state index contributed by atoms with van der Waals surface area (Å²) in [5, 5.41) is 5.67. The van der Waals surface area contributed by atoms with Crippen molar-refractivity contribution < 1.29 is 19.1 Å². The fraction of sp³-hybridized carbons (Fsp3) is 0.474. The van der Waals surface area contributed by atoms with E-state index in [0.717, 1.165) is 30.8 Å². The maximum atomic E-state index is 13.0. The molecule has 1 aromatic carbocycles. The zero-order valence-corrected chi connectivity index (χ0v) is 14.8. The molecule has 3 aliphatic rings. The minimum Gasteiger partial charge on any atom is -0.494 e. The molecule has 0 spiro atoms. The van der Waals surface area contributed by atoms with Crippen LogP contribution in [0.4, 0.5) is 4.79 Å². The number of urea groups is 1. The first-order valence-corrected chi connectivity index (χ1v) is 9.10. The lowest BCUT2D eigenvalue weighted by molar-refractivity contribution is -0.127. The Morgan fingerprint density at radius 3 is 2.77 bits per heavy atom. The van der Waals surface area contributed by atoms with Crippen molar-refractivity contribution >= 4 is 11.9 Å². The van der Waals surface area contributed by atoms with Crippen LogP contribution < -0.4 is 15.4 Å². The summed E-state index contributed by atoms with van der Waals surface area (Å²) in [6, 6.07) is 6.77. The Morgan fingerprint density at radius 2 is 2.08 bits per heavy atom. The van der Waals surface area contributed by atoms with Gasteiger partial charge in [-0.05, 0) is 37.5 Å². The van der Waals surface area contributed by atoms with Gasteiger partial charge in [0, 0.05) is 13.2 Å². The van der Waals surface area contributed by atoms with Crippen molar-refractivity contribution in [1.82, 2.24) is 15.5 Å². The molecule has 7 heteroatoms. The van der Waals surface area contributed by atoms with Crippen LogP contribution in [0.25, 0.3) is 0 Å². The fourth-order valence-electron chi connectivity index (χ4n) is 3.78. The molecule has 2 atom stereocenters. The molecular weight excluding hydrogens is 334 g/mol. The lowest BCUT2D eigenvalue weighted by Crippen LogP contribution is -2.44. The second kappa shape index (κ2) is 6.99. The smallest absolute Gasteiger partial charge is 0.319 e. The Hall–Kier alpha value is -2.54. The van der Waals surface area contributed by atoms with Crippen LogP contribution in [-0.4, -0.2) is 49.2 Å². The van der Waals surface area contributed by atoms with E-state index in [2.05, 4.69) is 10.6 Å². The van der Waals surface area contributed by atoms with Crippen molar-refractivity contribution in [1.29, 1.82) is 0 Å². The monoisotopic (exact) mass is 357 g/mol. The van der Waals surface area contributed by atoms with Crippen LogP contribution in [0.15, 0.2) is 35.5 Å². The quantitative estimate of drug-likeness (QED) is 0.841. The zero-order chi connectivity index (χ0) is 18.1. The van der Waals surface area contributed by atoms with Gasteiger partial charge in [-0.15, -0.1) is 0 Å². The largest absolute Gasteiger partial charge is 0.494 e. The van der Waals surface area contributed by atoms with Crippen molar-refractivity contribution in [3.63, 3.8) is 0 Å². The molecular formula is C19H23N3O4. The Morgan fingerprint density at radius 1 is 1.27 bits per heavy atom. The molecule has 0 bridgehead atoms. The summed E-state index contributed by atoms with van der Waals surface area (Å²) in [7, 11) is 0. The molecule has 3 amide bonds. The number of hydrogen-bond acceptors (Lipinski definition) is 4. The lowest BCUT2D eigenvalue weighted by atomic mass is 9.96. The van der Waals surface area contributed by atoms with Crippen LogP contribution in [0, 0.1) is 0 Å². The molecule has 2 N–H and O–H groups in total. The summed E-state index contributed by atoms with van der Waals surface area (Å²) in [5.41, 5.74) is 2.17. The number of rotatable bonds is 5. The highest BCUT2D eigenvalue weighted by molar-refractivity contribution is 6.01. The Kier molecular flexibility index (Phi) is 4.55. The molecule has 4 rings (SSSR count). The third-order valence-electron chi connectivity index (χ3n) is 4.99. The van der Waals surface area contributed by atoms with E-state index in [0.29, 0.717) is 31.0 Å². The van der Waals surface area contributed by atoms with Crippen molar-refractivity contribution in [2.75, 3.05) is 26.3 Å². The minimum absolute atomic E-state index is 0.0399. The number of nitrogens with zero attached hydrogens (tertiary/aromatic N) is 1. The zero-order valence-electron chi connectivity index (χ0n) is 14.8. The van der Waals surface area contributed by atoms with Crippen LogP contribution >= 0.6 is 0 Å². The van der Waals surface area contributed by atoms with E-state index in [4.69, 9.17) is 9.47 Å². The number of ether oxygens (including phenoxy) is 2. The van der Waals surface area contributed by atoms with Gasteiger partial charge in [-0.2, -0.15) is 0 Å². The normalized spacial score (nSPS) is 25.2. The van der Waals surface area contributed by atoms with E-state index in [-0.39, 0.29) is 18.0 Å². The highest BCUT2D eigenvalue weighted by Crippen LogP contribution is 2.33. The Labute approximate surface area is 152 Å². The molecule has 7 nitrogen and oxygen atoms in total. The second-order valence-electron chi connectivity index (χ2n) is 6.75. The molecule has 1 fully saturated rings. The summed E-state index contributed by atoms with van der Waals surface area (Å²) in [5.74, 6) is 0.727. The molecule has 3 heterocycles. The highest BCUT2D eigenvalue weighted by Gasteiger charge is 2.41. The summed E-state index contributed by atoms with van der Waals surface area (Å²) in [6.07, 6.45) is 2.10. The van der Waals surface area contributed by atoms with Gasteiger partial charge in [0.15, 0.2) is 0 Å². The predicted molar refractivity (Wildman–Crippen MR) is 94.6 cm³/mol. The molecule has 3 aliphatic heterocycles. The number of carbonyl (C=O) groups is 2. The lowest BCUT2D eigenvalue weighted by Gasteiger charge is -2.25.